The van der Waals surface area contributed by atoms with Crippen LogP contribution in [0.15, 0.2) is 47.5 Å². The van der Waals surface area contributed by atoms with Crippen molar-refractivity contribution in [1.82, 2.24) is 15.1 Å². The standard InChI is InChI=1S/C32H49N7O3/c1-2-38(17-5-19-41-27-10-7-25(8-11-27)22-36-31(34)35)18-6-20-42-29-21-26(33)9-12-28(29)30(40)37-23-32(13-14-32)24-39-15-3-4-16-39/h7-12,21H,2-6,13-20,22-24,33H2,1H3,(H,37,40)(H4,34,35,36). The third kappa shape index (κ3) is 10.1. The van der Waals surface area contributed by atoms with Crippen molar-refractivity contribution in [3.8, 4) is 11.5 Å². The molecule has 1 saturated heterocycles. The number of amides is 1. The summed E-state index contributed by atoms with van der Waals surface area (Å²) in [7, 11) is 0. The molecule has 1 aliphatic heterocycles. The first kappa shape index (κ1) is 31.4. The Morgan fingerprint density at radius 3 is 2.36 bits per heavy atom. The van der Waals surface area contributed by atoms with Crippen LogP contribution in [0.5, 0.6) is 11.5 Å². The molecule has 0 atom stereocenters. The Morgan fingerprint density at radius 2 is 1.71 bits per heavy atom. The van der Waals surface area contributed by atoms with Crippen molar-refractivity contribution >= 4 is 17.6 Å². The van der Waals surface area contributed by atoms with Crippen molar-refractivity contribution in [2.75, 3.05) is 64.8 Å². The van der Waals surface area contributed by atoms with Gasteiger partial charge in [0.1, 0.15) is 11.5 Å². The van der Waals surface area contributed by atoms with E-state index in [9.17, 15) is 4.79 Å². The number of hydrogen-bond acceptors (Lipinski definition) is 7. The maximum absolute atomic E-state index is 13.1. The van der Waals surface area contributed by atoms with Crippen LogP contribution in [-0.2, 0) is 6.54 Å². The maximum Gasteiger partial charge on any atom is 0.255 e. The fourth-order valence-corrected chi connectivity index (χ4v) is 5.44. The molecule has 7 N–H and O–H groups in total. The minimum atomic E-state index is -0.0868. The van der Waals surface area contributed by atoms with Gasteiger partial charge in [0.25, 0.3) is 5.91 Å². The third-order valence-electron chi connectivity index (χ3n) is 8.17. The Labute approximate surface area is 250 Å². The first-order valence-corrected chi connectivity index (χ1v) is 15.4. The molecule has 0 radical (unpaired) electrons. The van der Waals surface area contributed by atoms with Crippen molar-refractivity contribution < 1.29 is 14.3 Å². The highest BCUT2D eigenvalue weighted by Crippen LogP contribution is 2.46. The van der Waals surface area contributed by atoms with E-state index in [2.05, 4.69) is 27.0 Å². The largest absolute Gasteiger partial charge is 0.494 e. The zero-order valence-electron chi connectivity index (χ0n) is 25.2. The smallest absolute Gasteiger partial charge is 0.255 e. The molecule has 2 aromatic rings. The van der Waals surface area contributed by atoms with E-state index < -0.39 is 0 Å². The van der Waals surface area contributed by atoms with Crippen molar-refractivity contribution in [3.05, 3.63) is 53.6 Å². The molecule has 2 fully saturated rings. The summed E-state index contributed by atoms with van der Waals surface area (Å²) in [5, 5.41) is 3.19. The van der Waals surface area contributed by atoms with Crippen molar-refractivity contribution in [2.24, 2.45) is 21.9 Å². The molecule has 0 bridgehead atoms. The fourth-order valence-electron chi connectivity index (χ4n) is 5.44. The van der Waals surface area contributed by atoms with Crippen LogP contribution in [0.2, 0.25) is 0 Å². The van der Waals surface area contributed by atoms with Gasteiger partial charge in [-0.3, -0.25) is 4.79 Å². The minimum Gasteiger partial charge on any atom is -0.494 e. The van der Waals surface area contributed by atoms with E-state index in [0.29, 0.717) is 43.3 Å². The van der Waals surface area contributed by atoms with Gasteiger partial charge in [0, 0.05) is 43.3 Å². The Bertz CT molecular complexity index is 1160. The normalized spacial score (nSPS) is 15.9. The topological polar surface area (TPSA) is 144 Å². The lowest BCUT2D eigenvalue weighted by molar-refractivity contribution is 0.0936. The van der Waals surface area contributed by atoms with Crippen LogP contribution >= 0.6 is 0 Å². The minimum absolute atomic E-state index is 0.0868. The van der Waals surface area contributed by atoms with Crippen molar-refractivity contribution in [1.29, 1.82) is 0 Å². The van der Waals surface area contributed by atoms with E-state index in [1.54, 1.807) is 18.2 Å². The molecule has 0 aromatic heterocycles. The predicted molar refractivity (Wildman–Crippen MR) is 169 cm³/mol. The lowest BCUT2D eigenvalue weighted by atomic mass is 10.1. The van der Waals surface area contributed by atoms with Gasteiger partial charge >= 0.3 is 0 Å². The summed E-state index contributed by atoms with van der Waals surface area (Å²) in [6, 6.07) is 13.1. The van der Waals surface area contributed by atoms with Crippen LogP contribution in [0.1, 0.15) is 61.4 Å². The number of anilines is 1. The highest BCUT2D eigenvalue weighted by molar-refractivity contribution is 5.97. The van der Waals surface area contributed by atoms with Gasteiger partial charge < -0.3 is 41.8 Å². The first-order chi connectivity index (χ1) is 20.4. The zero-order chi connectivity index (χ0) is 29.8. The molecule has 1 heterocycles. The summed E-state index contributed by atoms with van der Waals surface area (Å²) in [5.41, 5.74) is 19.2. The SMILES string of the molecule is CCN(CCCOc1ccc(CN=C(N)N)cc1)CCCOc1cc(N)ccc1C(=O)NCC1(CN2CCCC2)CC1. The van der Waals surface area contributed by atoms with Crippen molar-refractivity contribution in [2.45, 2.75) is 52.0 Å². The highest BCUT2D eigenvalue weighted by Gasteiger charge is 2.44. The van der Waals surface area contributed by atoms with Gasteiger partial charge in [-0.05, 0) is 88.0 Å². The van der Waals surface area contributed by atoms with E-state index in [4.69, 9.17) is 26.7 Å². The van der Waals surface area contributed by atoms with Crippen LogP contribution in [0.3, 0.4) is 0 Å². The number of carbonyl (C=O) groups is 1. The number of nitrogens with two attached hydrogens (primary N) is 3. The lowest BCUT2D eigenvalue weighted by Crippen LogP contribution is -2.37. The number of benzene rings is 2. The van der Waals surface area contributed by atoms with Gasteiger partial charge in [-0.15, -0.1) is 0 Å². The number of guanidine groups is 1. The molecule has 2 aromatic carbocycles. The molecular formula is C32H49N7O3. The van der Waals surface area contributed by atoms with Gasteiger partial charge in [-0.1, -0.05) is 19.1 Å². The molecule has 2 aliphatic rings. The van der Waals surface area contributed by atoms with Crippen LogP contribution in [0.25, 0.3) is 0 Å². The number of rotatable bonds is 18. The number of carbonyl (C=O) groups excluding carboxylic acids is 1. The third-order valence-corrected chi connectivity index (χ3v) is 8.17. The lowest BCUT2D eigenvalue weighted by Gasteiger charge is -2.23. The summed E-state index contributed by atoms with van der Waals surface area (Å²) >= 11 is 0. The van der Waals surface area contributed by atoms with Crippen LogP contribution in [0, 0.1) is 5.41 Å². The molecule has 1 aliphatic carbocycles. The number of nitrogen functional groups attached to an aromatic ring is 1. The highest BCUT2D eigenvalue weighted by atomic mass is 16.5. The number of aliphatic imine (C=N–C) groups is 1. The summed E-state index contributed by atoms with van der Waals surface area (Å²) < 4.78 is 12.0. The summed E-state index contributed by atoms with van der Waals surface area (Å²) in [6.07, 6.45) is 6.72. The van der Waals surface area contributed by atoms with Crippen LogP contribution in [-0.4, -0.2) is 80.7 Å². The second-order valence-electron chi connectivity index (χ2n) is 11.6. The molecular weight excluding hydrogens is 530 g/mol. The maximum atomic E-state index is 13.1. The molecule has 0 unspecified atom stereocenters. The number of nitrogens with one attached hydrogen (secondary N) is 1. The summed E-state index contributed by atoms with van der Waals surface area (Å²) in [4.78, 5) is 22.1. The number of hydrogen-bond donors (Lipinski definition) is 4. The number of likely N-dealkylation sites (tertiary alicyclic amines) is 1. The van der Waals surface area contributed by atoms with E-state index in [1.807, 2.05) is 24.3 Å². The molecule has 42 heavy (non-hydrogen) atoms. The van der Waals surface area contributed by atoms with Gasteiger partial charge in [0.05, 0.1) is 25.3 Å². The Morgan fingerprint density at radius 1 is 1.02 bits per heavy atom. The summed E-state index contributed by atoms with van der Waals surface area (Å²) in [5.74, 6) is 1.39. The van der Waals surface area contributed by atoms with Gasteiger partial charge in [-0.2, -0.15) is 0 Å². The van der Waals surface area contributed by atoms with E-state index >= 15 is 0 Å². The quantitative estimate of drug-likeness (QED) is 0.0912. The van der Waals surface area contributed by atoms with Gasteiger partial charge in [0.15, 0.2) is 5.96 Å². The molecule has 230 valence electrons. The second kappa shape index (κ2) is 15.7. The van der Waals surface area contributed by atoms with Crippen LogP contribution in [0.4, 0.5) is 5.69 Å². The van der Waals surface area contributed by atoms with E-state index in [0.717, 1.165) is 50.3 Å². The average molecular weight is 580 g/mol. The van der Waals surface area contributed by atoms with Gasteiger partial charge in [-0.25, -0.2) is 4.99 Å². The number of ether oxygens (including phenoxy) is 2. The average Bonchev–Trinajstić information content (AvgIpc) is 3.56. The van der Waals surface area contributed by atoms with E-state index in [-0.39, 0.29) is 17.3 Å². The number of nitrogens with zero attached hydrogens (tertiary/aromatic N) is 3. The predicted octanol–water partition coefficient (Wildman–Crippen LogP) is 3.21. The Kier molecular flexibility index (Phi) is 11.7. The Balaban J connectivity index is 1.15. The summed E-state index contributed by atoms with van der Waals surface area (Å²) in [6.45, 7) is 10.7. The van der Waals surface area contributed by atoms with Crippen molar-refractivity contribution in [3.63, 3.8) is 0 Å². The second-order valence-corrected chi connectivity index (χ2v) is 11.6. The van der Waals surface area contributed by atoms with Crippen LogP contribution < -0.4 is 32.0 Å². The molecule has 0 spiro atoms. The fraction of sp³-hybridized carbons (Fsp3) is 0.562. The molecule has 1 amide bonds. The first-order valence-electron chi connectivity index (χ1n) is 15.4. The molecule has 10 nitrogen and oxygen atoms in total. The molecule has 4 rings (SSSR count). The van der Waals surface area contributed by atoms with E-state index in [1.165, 1.54) is 38.8 Å². The Hall–Kier alpha value is -3.50. The molecule has 10 heteroatoms. The zero-order valence-corrected chi connectivity index (χ0v) is 25.2. The monoisotopic (exact) mass is 579 g/mol. The van der Waals surface area contributed by atoms with Gasteiger partial charge in [0.2, 0.25) is 0 Å². The molecule has 1 saturated carbocycles.